The molecule has 1 aliphatic carbocycles. The van der Waals surface area contributed by atoms with Crippen LogP contribution in [0.1, 0.15) is 34.1 Å². The Hall–Kier alpha value is -3.56. The van der Waals surface area contributed by atoms with Crippen molar-refractivity contribution in [2.75, 3.05) is 49.4 Å². The van der Waals surface area contributed by atoms with Gasteiger partial charge in [-0.2, -0.15) is 0 Å². The first kappa shape index (κ1) is 21.3. The van der Waals surface area contributed by atoms with Crippen molar-refractivity contribution in [2.24, 2.45) is 0 Å². The summed E-state index contributed by atoms with van der Waals surface area (Å²) in [5.41, 5.74) is 11.5. The molecule has 0 radical (unpaired) electrons. The summed E-state index contributed by atoms with van der Waals surface area (Å²) in [5, 5.41) is 2.92. The monoisotopic (exact) mass is 446 g/mol. The third-order valence-electron chi connectivity index (χ3n) is 6.16. The van der Waals surface area contributed by atoms with Gasteiger partial charge in [0.15, 0.2) is 11.5 Å². The van der Waals surface area contributed by atoms with E-state index in [2.05, 4.69) is 37.3 Å². The molecule has 5 rings (SSSR count). The molecule has 1 unspecified atom stereocenters. The van der Waals surface area contributed by atoms with E-state index < -0.39 is 5.91 Å². The largest absolute Gasteiger partial charge is 0.382 e. The van der Waals surface area contributed by atoms with E-state index in [1.165, 1.54) is 11.1 Å². The first-order chi connectivity index (χ1) is 16.1. The fourth-order valence-corrected chi connectivity index (χ4v) is 4.43. The zero-order chi connectivity index (χ0) is 22.8. The predicted molar refractivity (Wildman–Crippen MR) is 125 cm³/mol. The number of amides is 1. The number of nitrogen functional groups attached to an aromatic ring is 1. The molecular weight excluding hydrogens is 420 g/mol. The van der Waals surface area contributed by atoms with Gasteiger partial charge in [0.2, 0.25) is 0 Å². The number of methoxy groups -OCH3 is 1. The molecule has 9 nitrogen and oxygen atoms in total. The first-order valence-electron chi connectivity index (χ1n) is 11.0. The molecule has 2 aliphatic rings. The second-order valence-corrected chi connectivity index (χ2v) is 8.11. The lowest BCUT2D eigenvalue weighted by atomic mass is 10.0. The molecular formula is C24H26N6O3. The van der Waals surface area contributed by atoms with Crippen molar-refractivity contribution in [1.82, 2.24) is 15.0 Å². The Morgan fingerprint density at radius 3 is 2.91 bits per heavy atom. The molecule has 0 saturated carbocycles. The average Bonchev–Trinajstić information content (AvgIpc) is 3.27. The summed E-state index contributed by atoms with van der Waals surface area (Å²) in [6.45, 7) is 2.77. The van der Waals surface area contributed by atoms with Gasteiger partial charge in [0.25, 0.3) is 5.91 Å². The Morgan fingerprint density at radius 1 is 1.24 bits per heavy atom. The highest BCUT2D eigenvalue weighted by atomic mass is 16.5. The third-order valence-corrected chi connectivity index (χ3v) is 6.16. The van der Waals surface area contributed by atoms with Crippen LogP contribution >= 0.6 is 0 Å². The number of rotatable bonds is 5. The zero-order valence-electron chi connectivity index (χ0n) is 18.5. The number of nitrogens with zero attached hydrogens (tertiary/aromatic N) is 4. The minimum atomic E-state index is -0.426. The van der Waals surface area contributed by atoms with Crippen molar-refractivity contribution in [3.05, 3.63) is 59.7 Å². The van der Waals surface area contributed by atoms with Crippen LogP contribution in [0.3, 0.4) is 0 Å². The number of carbonyl (C=O) groups excluding carboxylic acids is 1. The lowest BCUT2D eigenvalue weighted by molar-refractivity contribution is 0.102. The van der Waals surface area contributed by atoms with Gasteiger partial charge in [-0.15, -0.1) is 0 Å². The number of benzene rings is 1. The lowest BCUT2D eigenvalue weighted by Crippen LogP contribution is -2.36. The molecule has 1 fully saturated rings. The predicted octanol–water partition coefficient (Wildman–Crippen LogP) is 2.84. The minimum absolute atomic E-state index is 0.0775. The Kier molecular flexibility index (Phi) is 5.89. The molecule has 0 spiro atoms. The number of hydrogen-bond acceptors (Lipinski definition) is 8. The quantitative estimate of drug-likeness (QED) is 0.615. The topological polar surface area (TPSA) is 115 Å². The van der Waals surface area contributed by atoms with Crippen LogP contribution in [0.4, 0.5) is 17.2 Å². The Morgan fingerprint density at radius 2 is 2.09 bits per heavy atom. The molecule has 3 N–H and O–H groups in total. The molecule has 0 bridgehead atoms. The number of carbonyl (C=O) groups is 1. The van der Waals surface area contributed by atoms with Gasteiger partial charge >= 0.3 is 0 Å². The lowest BCUT2D eigenvalue weighted by Gasteiger charge is -2.30. The van der Waals surface area contributed by atoms with Crippen molar-refractivity contribution in [2.45, 2.75) is 18.9 Å². The van der Waals surface area contributed by atoms with E-state index in [0.717, 1.165) is 37.2 Å². The fourth-order valence-electron chi connectivity index (χ4n) is 4.43. The second kappa shape index (κ2) is 9.13. The minimum Gasteiger partial charge on any atom is -0.382 e. The number of hydrogen-bond donors (Lipinski definition) is 2. The van der Waals surface area contributed by atoms with Crippen molar-refractivity contribution in [3.63, 3.8) is 0 Å². The maximum Gasteiger partial charge on any atom is 0.278 e. The van der Waals surface area contributed by atoms with Gasteiger partial charge < -0.3 is 25.4 Å². The van der Waals surface area contributed by atoms with Crippen LogP contribution in [0.2, 0.25) is 0 Å². The SMILES string of the molecule is COC1CCc2cc(-c3cnc(N)c(C(=O)Nc4cnccc4N4CCOCC4)n3)ccc21. The highest BCUT2D eigenvalue weighted by Crippen LogP contribution is 2.35. The Labute approximate surface area is 192 Å². The molecule has 9 heteroatoms. The highest BCUT2D eigenvalue weighted by Gasteiger charge is 2.23. The number of aryl methyl sites for hydroxylation is 1. The standard InChI is InChI=1S/C24H26N6O3/c1-32-21-5-3-15-12-16(2-4-17(15)21)18-14-27-23(25)22(28-18)24(31)29-19-13-26-7-6-20(19)30-8-10-33-11-9-30/h2,4,6-7,12-14,21H,3,5,8-11H2,1H3,(H2,25,27)(H,29,31). The van der Waals surface area contributed by atoms with E-state index in [1.807, 2.05) is 12.1 Å². The van der Waals surface area contributed by atoms with Crippen LogP contribution in [-0.2, 0) is 15.9 Å². The van der Waals surface area contributed by atoms with Crippen molar-refractivity contribution in [1.29, 1.82) is 0 Å². The van der Waals surface area contributed by atoms with Gasteiger partial charge in [0.05, 0.1) is 48.8 Å². The van der Waals surface area contributed by atoms with Gasteiger partial charge in [0.1, 0.15) is 0 Å². The van der Waals surface area contributed by atoms with E-state index in [9.17, 15) is 4.79 Å². The summed E-state index contributed by atoms with van der Waals surface area (Å²) >= 11 is 0. The molecule has 1 aromatic carbocycles. The third kappa shape index (κ3) is 4.24. The van der Waals surface area contributed by atoms with Crippen molar-refractivity contribution >= 4 is 23.1 Å². The molecule has 170 valence electrons. The molecule has 1 aliphatic heterocycles. The number of anilines is 3. The van der Waals surface area contributed by atoms with Crippen LogP contribution in [0.5, 0.6) is 0 Å². The van der Waals surface area contributed by atoms with E-state index in [4.69, 9.17) is 15.2 Å². The second-order valence-electron chi connectivity index (χ2n) is 8.11. The Bertz CT molecular complexity index is 1180. The van der Waals surface area contributed by atoms with Crippen LogP contribution in [0.15, 0.2) is 42.9 Å². The molecule has 1 amide bonds. The zero-order valence-corrected chi connectivity index (χ0v) is 18.5. The molecule has 1 saturated heterocycles. The van der Waals surface area contributed by atoms with E-state index in [-0.39, 0.29) is 17.6 Å². The van der Waals surface area contributed by atoms with Gasteiger partial charge in [-0.25, -0.2) is 9.97 Å². The number of fused-ring (bicyclic) bond motifs is 1. The molecule has 33 heavy (non-hydrogen) atoms. The van der Waals surface area contributed by atoms with Gasteiger partial charge in [-0.1, -0.05) is 12.1 Å². The van der Waals surface area contributed by atoms with Crippen LogP contribution in [0.25, 0.3) is 11.3 Å². The number of nitrogens with one attached hydrogen (secondary N) is 1. The van der Waals surface area contributed by atoms with Gasteiger partial charge in [0, 0.05) is 32.0 Å². The van der Waals surface area contributed by atoms with Gasteiger partial charge in [-0.3, -0.25) is 9.78 Å². The van der Waals surface area contributed by atoms with E-state index in [0.29, 0.717) is 24.6 Å². The van der Waals surface area contributed by atoms with Crippen LogP contribution in [0, 0.1) is 0 Å². The van der Waals surface area contributed by atoms with Crippen molar-refractivity contribution in [3.8, 4) is 11.3 Å². The highest BCUT2D eigenvalue weighted by molar-refractivity contribution is 6.07. The summed E-state index contributed by atoms with van der Waals surface area (Å²) in [6, 6.07) is 8.02. The van der Waals surface area contributed by atoms with E-state index in [1.54, 1.807) is 25.7 Å². The summed E-state index contributed by atoms with van der Waals surface area (Å²) in [4.78, 5) is 28.3. The van der Waals surface area contributed by atoms with E-state index >= 15 is 0 Å². The summed E-state index contributed by atoms with van der Waals surface area (Å²) in [6.07, 6.45) is 6.98. The summed E-state index contributed by atoms with van der Waals surface area (Å²) in [7, 11) is 1.73. The smallest absolute Gasteiger partial charge is 0.278 e. The van der Waals surface area contributed by atoms with Crippen LogP contribution in [-0.4, -0.2) is 54.3 Å². The number of ether oxygens (including phenoxy) is 2. The number of morpholine rings is 1. The number of nitrogens with two attached hydrogens (primary N) is 1. The molecule has 2 aromatic heterocycles. The average molecular weight is 447 g/mol. The Balaban J connectivity index is 1.41. The first-order valence-corrected chi connectivity index (χ1v) is 11.0. The maximum absolute atomic E-state index is 13.1. The number of aromatic nitrogens is 3. The molecule has 1 atom stereocenters. The van der Waals surface area contributed by atoms with Crippen molar-refractivity contribution < 1.29 is 14.3 Å². The fraction of sp³-hybridized carbons (Fsp3) is 0.333. The normalized spacial score (nSPS) is 17.6. The summed E-state index contributed by atoms with van der Waals surface area (Å²) < 4.78 is 11.0. The molecule has 3 aromatic rings. The van der Waals surface area contributed by atoms with Gasteiger partial charge in [-0.05, 0) is 36.1 Å². The molecule has 3 heterocycles. The summed E-state index contributed by atoms with van der Waals surface area (Å²) in [5.74, 6) is -0.348. The maximum atomic E-state index is 13.1. The number of pyridine rings is 1. The van der Waals surface area contributed by atoms with Crippen LogP contribution < -0.4 is 16.0 Å².